The normalized spacial score (nSPS) is 28.8. The van der Waals surface area contributed by atoms with E-state index in [9.17, 15) is 0 Å². The van der Waals surface area contributed by atoms with Crippen molar-refractivity contribution >= 4 is 10.8 Å². The summed E-state index contributed by atoms with van der Waals surface area (Å²) in [6.07, 6.45) is 11.8. The van der Waals surface area contributed by atoms with Crippen molar-refractivity contribution < 1.29 is 0 Å². The van der Waals surface area contributed by atoms with E-state index in [1.165, 1.54) is 54.0 Å². The van der Waals surface area contributed by atoms with E-state index in [0.29, 0.717) is 5.41 Å². The second kappa shape index (κ2) is 5.33. The van der Waals surface area contributed by atoms with Gasteiger partial charge in [-0.15, -0.1) is 0 Å². The largest absolute Gasteiger partial charge is 0.0851 e. The van der Waals surface area contributed by atoms with Crippen molar-refractivity contribution in [3.63, 3.8) is 0 Å². The third-order valence-electron chi connectivity index (χ3n) is 7.28. The fourth-order valence-electron chi connectivity index (χ4n) is 6.11. The second-order valence-electron chi connectivity index (χ2n) is 8.64. The quantitative estimate of drug-likeness (QED) is 0.435. The minimum absolute atomic E-state index is 0.444. The van der Waals surface area contributed by atoms with Gasteiger partial charge in [0, 0.05) is 5.41 Å². The molecule has 1 spiro atoms. The zero-order chi connectivity index (χ0) is 17.1. The Balaban J connectivity index is 1.51. The van der Waals surface area contributed by atoms with Crippen molar-refractivity contribution in [1.29, 1.82) is 0 Å². The van der Waals surface area contributed by atoms with Gasteiger partial charge in [-0.05, 0) is 83.0 Å². The lowest BCUT2D eigenvalue weighted by Gasteiger charge is -2.41. The first kappa shape index (κ1) is 14.8. The molecular formula is C26H24. The molecule has 0 aliphatic heterocycles. The molecule has 3 aromatic rings. The van der Waals surface area contributed by atoms with E-state index in [4.69, 9.17) is 0 Å². The van der Waals surface area contributed by atoms with Crippen LogP contribution < -0.4 is 0 Å². The van der Waals surface area contributed by atoms with Gasteiger partial charge in [0.1, 0.15) is 0 Å². The number of allylic oxidation sites excluding steroid dienone is 2. The highest BCUT2D eigenvalue weighted by Gasteiger charge is 2.50. The summed E-state index contributed by atoms with van der Waals surface area (Å²) in [5, 5.41) is 2.82. The van der Waals surface area contributed by atoms with Crippen LogP contribution in [0.15, 0.2) is 72.8 Å². The number of hydrogen-bond donors (Lipinski definition) is 0. The molecule has 0 aromatic heterocycles. The van der Waals surface area contributed by atoms with Crippen LogP contribution in [0.3, 0.4) is 0 Å². The first-order chi connectivity index (χ1) is 12.8. The van der Waals surface area contributed by atoms with Gasteiger partial charge in [0.25, 0.3) is 0 Å². The highest BCUT2D eigenvalue weighted by molar-refractivity contribution is 5.89. The molecule has 0 amide bonds. The van der Waals surface area contributed by atoms with Crippen LogP contribution in [-0.4, -0.2) is 0 Å². The molecule has 0 heterocycles. The molecule has 0 N–H and O–H groups in total. The molecule has 0 saturated heterocycles. The van der Waals surface area contributed by atoms with Gasteiger partial charge in [0.2, 0.25) is 0 Å². The average molecular weight is 336 g/mol. The summed E-state index contributed by atoms with van der Waals surface area (Å²) in [4.78, 5) is 0. The number of rotatable bonds is 1. The Morgan fingerprint density at radius 3 is 2.54 bits per heavy atom. The molecular weight excluding hydrogens is 312 g/mol. The Hall–Kier alpha value is -2.34. The second-order valence-corrected chi connectivity index (χ2v) is 8.64. The molecule has 3 aromatic carbocycles. The summed E-state index contributed by atoms with van der Waals surface area (Å²) in [6, 6.07) is 22.8. The summed E-state index contributed by atoms with van der Waals surface area (Å²) in [5.74, 6) is 1.62. The van der Waals surface area contributed by atoms with Crippen LogP contribution in [0.25, 0.3) is 21.9 Å². The van der Waals surface area contributed by atoms with Gasteiger partial charge >= 0.3 is 0 Å². The van der Waals surface area contributed by atoms with E-state index in [1.807, 2.05) is 0 Å². The van der Waals surface area contributed by atoms with E-state index in [1.54, 1.807) is 11.1 Å². The molecule has 3 aliphatic rings. The van der Waals surface area contributed by atoms with E-state index in [2.05, 4.69) is 72.8 Å². The zero-order valence-corrected chi connectivity index (χ0v) is 15.1. The fraction of sp³-hybridized carbons (Fsp3) is 0.308. The van der Waals surface area contributed by atoms with Crippen molar-refractivity contribution in [2.75, 3.05) is 0 Å². The topological polar surface area (TPSA) is 0 Å². The highest BCUT2D eigenvalue weighted by Crippen LogP contribution is 2.58. The zero-order valence-electron chi connectivity index (χ0n) is 15.1. The maximum atomic E-state index is 2.55. The smallest absolute Gasteiger partial charge is 0.00246 e. The monoisotopic (exact) mass is 336 g/mol. The Labute approximate surface area is 155 Å². The maximum Gasteiger partial charge on any atom is 0.00246 e. The van der Waals surface area contributed by atoms with Gasteiger partial charge in [-0.2, -0.15) is 0 Å². The van der Waals surface area contributed by atoms with Crippen LogP contribution in [0, 0.1) is 11.8 Å². The van der Waals surface area contributed by atoms with Crippen LogP contribution in [0.5, 0.6) is 0 Å². The molecule has 0 nitrogen and oxygen atoms in total. The first-order valence-corrected chi connectivity index (χ1v) is 10.1. The number of fused-ring (bicyclic) bond motifs is 6. The predicted octanol–water partition coefficient (Wildman–Crippen LogP) is 6.68. The van der Waals surface area contributed by atoms with E-state index >= 15 is 0 Å². The maximum absolute atomic E-state index is 2.55. The SMILES string of the molecule is C1=CC2CC1CC21CCCc2cc3cc(-c4ccccc4)ccc3cc21. The molecule has 0 radical (unpaired) electrons. The van der Waals surface area contributed by atoms with Crippen LogP contribution in [0.4, 0.5) is 0 Å². The third-order valence-corrected chi connectivity index (χ3v) is 7.28. The number of hydrogen-bond acceptors (Lipinski definition) is 0. The van der Waals surface area contributed by atoms with E-state index in [0.717, 1.165) is 11.8 Å². The number of aryl methyl sites for hydroxylation is 1. The molecule has 6 rings (SSSR count). The fourth-order valence-corrected chi connectivity index (χ4v) is 6.11. The van der Waals surface area contributed by atoms with E-state index in [-0.39, 0.29) is 0 Å². The minimum atomic E-state index is 0.444. The number of benzene rings is 3. The first-order valence-electron chi connectivity index (χ1n) is 10.1. The van der Waals surface area contributed by atoms with Gasteiger partial charge in [0.05, 0.1) is 0 Å². The van der Waals surface area contributed by atoms with Gasteiger partial charge < -0.3 is 0 Å². The van der Waals surface area contributed by atoms with Gasteiger partial charge in [0.15, 0.2) is 0 Å². The van der Waals surface area contributed by atoms with Gasteiger partial charge in [-0.1, -0.05) is 66.7 Å². The Kier molecular flexibility index (Phi) is 3.03. The summed E-state index contributed by atoms with van der Waals surface area (Å²) in [7, 11) is 0. The molecule has 3 aliphatic carbocycles. The van der Waals surface area contributed by atoms with Crippen molar-refractivity contribution in [3.8, 4) is 11.1 Å². The lowest BCUT2D eigenvalue weighted by molar-refractivity contribution is 0.304. The lowest BCUT2D eigenvalue weighted by atomic mass is 9.63. The van der Waals surface area contributed by atoms with Crippen molar-refractivity contribution in [3.05, 3.63) is 83.9 Å². The summed E-state index contributed by atoms with van der Waals surface area (Å²) < 4.78 is 0. The molecule has 1 saturated carbocycles. The molecule has 1 fully saturated rings. The standard InChI is InChI=1S/C26H24/c1-2-5-19(6-3-1)20-9-10-21-16-25-22(15-23(21)14-20)7-4-12-26(25)17-18-8-11-24(26)13-18/h1-3,5-6,8-11,14-16,18,24H,4,7,12-13,17H2. The van der Waals surface area contributed by atoms with Gasteiger partial charge in [-0.3, -0.25) is 0 Å². The molecule has 3 atom stereocenters. The Morgan fingerprint density at radius 2 is 1.73 bits per heavy atom. The van der Waals surface area contributed by atoms with Crippen LogP contribution in [0.2, 0.25) is 0 Å². The predicted molar refractivity (Wildman–Crippen MR) is 109 cm³/mol. The minimum Gasteiger partial charge on any atom is -0.0851 e. The summed E-state index contributed by atoms with van der Waals surface area (Å²) in [5.41, 5.74) is 6.38. The lowest BCUT2D eigenvalue weighted by Crippen LogP contribution is -2.34. The van der Waals surface area contributed by atoms with E-state index < -0.39 is 0 Å². The van der Waals surface area contributed by atoms with Crippen LogP contribution >= 0.6 is 0 Å². The van der Waals surface area contributed by atoms with Gasteiger partial charge in [-0.25, -0.2) is 0 Å². The van der Waals surface area contributed by atoms with Crippen molar-refractivity contribution in [2.24, 2.45) is 11.8 Å². The Bertz CT molecular complexity index is 1030. The summed E-state index contributed by atoms with van der Waals surface area (Å²) in [6.45, 7) is 0. The molecule has 0 heteroatoms. The van der Waals surface area contributed by atoms with Crippen molar-refractivity contribution in [1.82, 2.24) is 0 Å². The average Bonchev–Trinajstić information content (AvgIpc) is 3.29. The third kappa shape index (κ3) is 2.02. The highest BCUT2D eigenvalue weighted by atomic mass is 14.5. The molecule has 3 unspecified atom stereocenters. The molecule has 128 valence electrons. The van der Waals surface area contributed by atoms with Crippen LogP contribution in [0.1, 0.15) is 36.8 Å². The molecule has 26 heavy (non-hydrogen) atoms. The molecule has 2 bridgehead atoms. The van der Waals surface area contributed by atoms with Crippen LogP contribution in [-0.2, 0) is 11.8 Å². The Morgan fingerprint density at radius 1 is 0.808 bits per heavy atom. The van der Waals surface area contributed by atoms with Crippen molar-refractivity contribution in [2.45, 2.75) is 37.5 Å². The summed E-state index contributed by atoms with van der Waals surface area (Å²) >= 11 is 0.